The zero-order valence-electron chi connectivity index (χ0n) is 10.5. The molecule has 2 amide bonds. The molecule has 1 aromatic carbocycles. The molecule has 0 unspecified atom stereocenters. The Kier molecular flexibility index (Phi) is 3.46. The van der Waals surface area contributed by atoms with Crippen LogP contribution in [-0.4, -0.2) is 24.4 Å². The van der Waals surface area contributed by atoms with Crippen molar-refractivity contribution in [1.82, 2.24) is 0 Å². The number of esters is 1. The number of hydrogen-bond donors (Lipinski definition) is 0. The van der Waals surface area contributed by atoms with Gasteiger partial charge in [0.05, 0.1) is 24.3 Å². The predicted octanol–water partition coefficient (Wildman–Crippen LogP) is 1.68. The Balaban J connectivity index is 2.24. The average molecular weight is 259 g/mol. The van der Waals surface area contributed by atoms with Crippen LogP contribution in [0.25, 0.3) is 0 Å². The van der Waals surface area contributed by atoms with Crippen molar-refractivity contribution in [3.63, 3.8) is 0 Å². The highest BCUT2D eigenvalue weighted by Gasteiger charge is 2.33. The molecule has 98 valence electrons. The SMILES string of the molecule is C=C1CC(=O)N(c2ccc(C(=O)OCC)cc2)C1=O. The second kappa shape index (κ2) is 5.06. The molecule has 1 aromatic rings. The van der Waals surface area contributed by atoms with Crippen LogP contribution in [0.1, 0.15) is 23.7 Å². The van der Waals surface area contributed by atoms with E-state index >= 15 is 0 Å². The van der Waals surface area contributed by atoms with Crippen molar-refractivity contribution in [2.75, 3.05) is 11.5 Å². The largest absolute Gasteiger partial charge is 0.462 e. The van der Waals surface area contributed by atoms with E-state index in [1.54, 1.807) is 19.1 Å². The Morgan fingerprint density at radius 2 is 1.95 bits per heavy atom. The van der Waals surface area contributed by atoms with Gasteiger partial charge >= 0.3 is 5.97 Å². The molecule has 0 bridgehead atoms. The lowest BCUT2D eigenvalue weighted by atomic mass is 10.2. The van der Waals surface area contributed by atoms with Gasteiger partial charge in [-0.25, -0.2) is 9.69 Å². The molecule has 1 fully saturated rings. The van der Waals surface area contributed by atoms with Gasteiger partial charge < -0.3 is 4.74 Å². The van der Waals surface area contributed by atoms with Gasteiger partial charge in [-0.1, -0.05) is 6.58 Å². The first-order chi connectivity index (χ1) is 9.04. The molecule has 0 aliphatic carbocycles. The number of benzene rings is 1. The standard InChI is InChI=1S/C14H13NO4/c1-3-19-14(18)10-4-6-11(7-5-10)15-12(16)8-9(2)13(15)17/h4-7H,2-3,8H2,1H3. The van der Waals surface area contributed by atoms with Gasteiger partial charge in [0.1, 0.15) is 0 Å². The molecule has 0 radical (unpaired) electrons. The number of imide groups is 1. The fraction of sp³-hybridized carbons (Fsp3) is 0.214. The Hall–Kier alpha value is -2.43. The topological polar surface area (TPSA) is 63.7 Å². The number of carbonyl (C=O) groups excluding carboxylic acids is 3. The molecule has 0 saturated carbocycles. The van der Waals surface area contributed by atoms with Gasteiger partial charge in [0.15, 0.2) is 0 Å². The lowest BCUT2D eigenvalue weighted by molar-refractivity contribution is -0.120. The smallest absolute Gasteiger partial charge is 0.338 e. The Morgan fingerprint density at radius 1 is 1.32 bits per heavy atom. The minimum Gasteiger partial charge on any atom is -0.462 e. The highest BCUT2D eigenvalue weighted by Crippen LogP contribution is 2.25. The summed E-state index contributed by atoms with van der Waals surface area (Å²) in [5.74, 6) is -1.13. The molecule has 0 spiro atoms. The molecule has 1 saturated heterocycles. The number of anilines is 1. The van der Waals surface area contributed by atoms with Gasteiger partial charge in [0.2, 0.25) is 5.91 Å². The quantitative estimate of drug-likeness (QED) is 0.470. The molecule has 5 nitrogen and oxygen atoms in total. The lowest BCUT2D eigenvalue weighted by Gasteiger charge is -2.13. The summed E-state index contributed by atoms with van der Waals surface area (Å²) in [5.41, 5.74) is 1.09. The maximum atomic E-state index is 11.8. The van der Waals surface area contributed by atoms with Crippen molar-refractivity contribution >= 4 is 23.5 Å². The van der Waals surface area contributed by atoms with E-state index in [4.69, 9.17) is 4.74 Å². The molecular formula is C14H13NO4. The number of amides is 2. The van der Waals surface area contributed by atoms with Crippen LogP contribution in [-0.2, 0) is 14.3 Å². The highest BCUT2D eigenvalue weighted by atomic mass is 16.5. The number of hydrogen-bond acceptors (Lipinski definition) is 4. The zero-order valence-corrected chi connectivity index (χ0v) is 10.5. The summed E-state index contributed by atoms with van der Waals surface area (Å²) in [6.07, 6.45) is 0.0401. The summed E-state index contributed by atoms with van der Waals surface area (Å²) >= 11 is 0. The van der Waals surface area contributed by atoms with Gasteiger partial charge in [-0.15, -0.1) is 0 Å². The third-order valence-electron chi connectivity index (χ3n) is 2.76. The Morgan fingerprint density at radius 3 is 2.42 bits per heavy atom. The van der Waals surface area contributed by atoms with Crippen molar-refractivity contribution < 1.29 is 19.1 Å². The molecule has 0 atom stereocenters. The van der Waals surface area contributed by atoms with E-state index < -0.39 is 11.9 Å². The molecule has 1 heterocycles. The van der Waals surface area contributed by atoms with Crippen LogP contribution in [0.15, 0.2) is 36.4 Å². The maximum absolute atomic E-state index is 11.8. The van der Waals surface area contributed by atoms with Crippen molar-refractivity contribution in [2.45, 2.75) is 13.3 Å². The van der Waals surface area contributed by atoms with Gasteiger partial charge in [-0.3, -0.25) is 9.59 Å². The number of nitrogens with zero attached hydrogens (tertiary/aromatic N) is 1. The predicted molar refractivity (Wildman–Crippen MR) is 68.6 cm³/mol. The number of rotatable bonds is 3. The van der Waals surface area contributed by atoms with Crippen LogP contribution in [0, 0.1) is 0 Å². The fourth-order valence-corrected chi connectivity index (χ4v) is 1.83. The molecule has 19 heavy (non-hydrogen) atoms. The third kappa shape index (κ3) is 2.40. The minimum absolute atomic E-state index is 0.0401. The van der Waals surface area contributed by atoms with Crippen LogP contribution in [0.4, 0.5) is 5.69 Å². The summed E-state index contributed by atoms with van der Waals surface area (Å²) in [6, 6.07) is 6.13. The van der Waals surface area contributed by atoms with Crippen LogP contribution < -0.4 is 4.90 Å². The third-order valence-corrected chi connectivity index (χ3v) is 2.76. The molecule has 5 heteroatoms. The zero-order chi connectivity index (χ0) is 14.0. The Bertz CT molecular complexity index is 559. The summed E-state index contributed by atoms with van der Waals surface area (Å²) < 4.78 is 4.85. The molecule has 2 rings (SSSR count). The number of ether oxygens (including phenoxy) is 1. The lowest BCUT2D eigenvalue weighted by Crippen LogP contribution is -2.28. The van der Waals surface area contributed by atoms with Crippen molar-refractivity contribution in [2.24, 2.45) is 0 Å². The van der Waals surface area contributed by atoms with Crippen molar-refractivity contribution in [1.29, 1.82) is 0 Å². The van der Waals surface area contributed by atoms with Crippen molar-refractivity contribution in [3.8, 4) is 0 Å². The van der Waals surface area contributed by atoms with Gasteiger partial charge in [0, 0.05) is 5.57 Å². The molecule has 0 aromatic heterocycles. The molecule has 1 aliphatic rings. The van der Waals surface area contributed by atoms with E-state index in [0.29, 0.717) is 17.9 Å². The minimum atomic E-state index is -0.433. The normalized spacial score (nSPS) is 15.0. The second-order valence-corrected chi connectivity index (χ2v) is 4.08. The highest BCUT2D eigenvalue weighted by molar-refractivity contribution is 6.27. The first-order valence-electron chi connectivity index (χ1n) is 5.87. The molecular weight excluding hydrogens is 246 g/mol. The van der Waals surface area contributed by atoms with E-state index in [1.165, 1.54) is 12.1 Å². The van der Waals surface area contributed by atoms with Gasteiger partial charge in [-0.2, -0.15) is 0 Å². The number of carbonyl (C=O) groups is 3. The van der Waals surface area contributed by atoms with E-state index in [1.807, 2.05) is 0 Å². The summed E-state index contributed by atoms with van der Waals surface area (Å²) in [4.78, 5) is 36.0. The summed E-state index contributed by atoms with van der Waals surface area (Å²) in [7, 11) is 0. The van der Waals surface area contributed by atoms with Crippen LogP contribution in [0.5, 0.6) is 0 Å². The van der Waals surface area contributed by atoms with Crippen LogP contribution in [0.3, 0.4) is 0 Å². The monoisotopic (exact) mass is 259 g/mol. The maximum Gasteiger partial charge on any atom is 0.338 e. The van der Waals surface area contributed by atoms with Gasteiger partial charge in [0.25, 0.3) is 5.91 Å². The van der Waals surface area contributed by atoms with E-state index in [0.717, 1.165) is 4.90 Å². The van der Waals surface area contributed by atoms with Crippen LogP contribution in [0.2, 0.25) is 0 Å². The van der Waals surface area contributed by atoms with Crippen LogP contribution >= 0.6 is 0 Å². The van der Waals surface area contributed by atoms with E-state index in [-0.39, 0.29) is 17.9 Å². The van der Waals surface area contributed by atoms with Gasteiger partial charge in [-0.05, 0) is 31.2 Å². The summed E-state index contributed by atoms with van der Waals surface area (Å²) in [5, 5.41) is 0. The fourth-order valence-electron chi connectivity index (χ4n) is 1.83. The second-order valence-electron chi connectivity index (χ2n) is 4.08. The average Bonchev–Trinajstić information content (AvgIpc) is 2.64. The van der Waals surface area contributed by atoms with E-state index in [9.17, 15) is 14.4 Å². The summed E-state index contributed by atoms with van der Waals surface area (Å²) in [6.45, 7) is 5.56. The van der Waals surface area contributed by atoms with Crippen molar-refractivity contribution in [3.05, 3.63) is 42.0 Å². The Labute approximate surface area is 110 Å². The molecule has 1 aliphatic heterocycles. The van der Waals surface area contributed by atoms with E-state index in [2.05, 4.69) is 6.58 Å². The first-order valence-corrected chi connectivity index (χ1v) is 5.87. The molecule has 0 N–H and O–H groups in total. The first kappa shape index (κ1) is 13.0.